The Kier molecular flexibility index (Phi) is 2.92. The summed E-state index contributed by atoms with van der Waals surface area (Å²) in [5.41, 5.74) is 7.16. The van der Waals surface area contributed by atoms with Gasteiger partial charge in [-0.2, -0.15) is 0 Å². The van der Waals surface area contributed by atoms with Gasteiger partial charge >= 0.3 is 0 Å². The van der Waals surface area contributed by atoms with E-state index < -0.39 is 0 Å². The number of aliphatic imine (C=N–C) groups is 1. The Morgan fingerprint density at radius 2 is 2.24 bits per heavy atom. The van der Waals surface area contributed by atoms with Gasteiger partial charge in [-0.1, -0.05) is 28.1 Å². The molecule has 1 fully saturated rings. The van der Waals surface area contributed by atoms with E-state index in [9.17, 15) is 0 Å². The molecule has 1 saturated carbocycles. The predicted octanol–water partition coefficient (Wildman–Crippen LogP) is 2.05. The minimum Gasteiger partial charge on any atom is -0.365 e. The number of nitrogens with one attached hydrogen (secondary N) is 1. The van der Waals surface area contributed by atoms with Crippen LogP contribution in [0, 0.1) is 0 Å². The molecule has 0 radical (unpaired) electrons. The van der Waals surface area contributed by atoms with Crippen molar-refractivity contribution in [3.8, 4) is 0 Å². The van der Waals surface area contributed by atoms with Crippen molar-refractivity contribution < 1.29 is 0 Å². The van der Waals surface area contributed by atoms with Crippen LogP contribution in [-0.2, 0) is 0 Å². The Morgan fingerprint density at radius 1 is 1.35 bits per heavy atom. The van der Waals surface area contributed by atoms with Crippen LogP contribution in [0.1, 0.15) is 24.8 Å². The molecule has 0 spiro atoms. The summed E-state index contributed by atoms with van der Waals surface area (Å²) in [5.74, 6) is 1.02. The van der Waals surface area contributed by atoms with E-state index in [-0.39, 0.29) is 0 Å². The summed E-state index contributed by atoms with van der Waals surface area (Å²) in [7, 11) is 0. The molecule has 2 aliphatic rings. The standard InChI is InChI=1S/C13H16BrN3/c14-9-3-1-2-8(6-9)13-16-11-5-4-10(15)7-12(11)17-13/h1-3,6,10-12H,4-5,7,15H2,(H,16,17). The number of amidine groups is 1. The van der Waals surface area contributed by atoms with E-state index >= 15 is 0 Å². The molecule has 3 N–H and O–H groups in total. The van der Waals surface area contributed by atoms with Crippen molar-refractivity contribution >= 4 is 21.8 Å². The molecular weight excluding hydrogens is 278 g/mol. The van der Waals surface area contributed by atoms with Crippen LogP contribution in [0.3, 0.4) is 0 Å². The molecule has 1 aromatic carbocycles. The first-order valence-electron chi connectivity index (χ1n) is 6.08. The summed E-state index contributed by atoms with van der Waals surface area (Å²) in [4.78, 5) is 4.78. The maximum Gasteiger partial charge on any atom is 0.128 e. The number of hydrogen-bond donors (Lipinski definition) is 2. The smallest absolute Gasteiger partial charge is 0.128 e. The Hall–Kier alpha value is -0.870. The van der Waals surface area contributed by atoms with Gasteiger partial charge in [-0.15, -0.1) is 0 Å². The van der Waals surface area contributed by atoms with E-state index in [0.717, 1.165) is 35.1 Å². The molecule has 1 aliphatic carbocycles. The number of benzene rings is 1. The summed E-state index contributed by atoms with van der Waals surface area (Å²) in [6.45, 7) is 0. The van der Waals surface area contributed by atoms with E-state index in [4.69, 9.17) is 10.7 Å². The van der Waals surface area contributed by atoms with Gasteiger partial charge in [-0.3, -0.25) is 4.99 Å². The molecule has 3 nitrogen and oxygen atoms in total. The summed E-state index contributed by atoms with van der Waals surface area (Å²) in [6.07, 6.45) is 3.24. The molecule has 3 rings (SSSR count). The van der Waals surface area contributed by atoms with Gasteiger partial charge in [0.05, 0.1) is 12.1 Å². The largest absolute Gasteiger partial charge is 0.365 e. The first kappa shape index (κ1) is 11.2. The highest BCUT2D eigenvalue weighted by molar-refractivity contribution is 9.10. The highest BCUT2D eigenvalue weighted by Crippen LogP contribution is 2.26. The SMILES string of the molecule is NC1CCC2N=C(c3cccc(Br)c3)NC2C1. The molecule has 1 aromatic rings. The number of nitrogens with two attached hydrogens (primary N) is 1. The zero-order valence-electron chi connectivity index (χ0n) is 9.57. The van der Waals surface area contributed by atoms with Gasteiger partial charge in [0, 0.05) is 16.1 Å². The molecule has 3 unspecified atom stereocenters. The van der Waals surface area contributed by atoms with Crippen LogP contribution >= 0.6 is 15.9 Å². The molecule has 3 atom stereocenters. The van der Waals surface area contributed by atoms with Gasteiger partial charge < -0.3 is 11.1 Å². The summed E-state index contributed by atoms with van der Waals surface area (Å²) in [6, 6.07) is 9.45. The molecule has 0 aromatic heterocycles. The van der Waals surface area contributed by atoms with Crippen LogP contribution in [0.25, 0.3) is 0 Å². The summed E-state index contributed by atoms with van der Waals surface area (Å²) < 4.78 is 1.09. The zero-order valence-corrected chi connectivity index (χ0v) is 11.2. The van der Waals surface area contributed by atoms with Crippen LogP contribution in [0.2, 0.25) is 0 Å². The van der Waals surface area contributed by atoms with Crippen molar-refractivity contribution in [2.75, 3.05) is 0 Å². The van der Waals surface area contributed by atoms with Crippen molar-refractivity contribution in [1.29, 1.82) is 0 Å². The van der Waals surface area contributed by atoms with Gasteiger partial charge in [0.1, 0.15) is 5.84 Å². The van der Waals surface area contributed by atoms with E-state index in [1.165, 1.54) is 0 Å². The molecule has 0 amide bonds. The second-order valence-corrected chi connectivity index (χ2v) is 5.80. The molecule has 4 heteroatoms. The molecule has 0 bridgehead atoms. The van der Waals surface area contributed by atoms with E-state index in [1.54, 1.807) is 0 Å². The van der Waals surface area contributed by atoms with Crippen LogP contribution in [-0.4, -0.2) is 24.0 Å². The zero-order chi connectivity index (χ0) is 11.8. The third kappa shape index (κ3) is 2.24. The monoisotopic (exact) mass is 293 g/mol. The minimum absolute atomic E-state index is 0.334. The molecule has 0 saturated heterocycles. The summed E-state index contributed by atoms with van der Waals surface area (Å²) >= 11 is 3.49. The third-order valence-electron chi connectivity index (χ3n) is 3.57. The van der Waals surface area contributed by atoms with Crippen molar-refractivity contribution in [2.24, 2.45) is 10.7 Å². The Balaban J connectivity index is 1.82. The van der Waals surface area contributed by atoms with Gasteiger partial charge in [0.15, 0.2) is 0 Å². The van der Waals surface area contributed by atoms with Gasteiger partial charge in [0.25, 0.3) is 0 Å². The fourth-order valence-corrected chi connectivity index (χ4v) is 3.07. The molecular formula is C13H16BrN3. The average molecular weight is 294 g/mol. The Morgan fingerprint density at radius 3 is 3.06 bits per heavy atom. The normalized spacial score (nSPS) is 31.6. The molecule has 17 heavy (non-hydrogen) atoms. The van der Waals surface area contributed by atoms with E-state index in [2.05, 4.69) is 33.4 Å². The quantitative estimate of drug-likeness (QED) is 0.833. The summed E-state index contributed by atoms with van der Waals surface area (Å²) in [5, 5.41) is 3.52. The second kappa shape index (κ2) is 4.42. The van der Waals surface area contributed by atoms with Gasteiger partial charge in [0.2, 0.25) is 0 Å². The highest BCUT2D eigenvalue weighted by Gasteiger charge is 2.33. The lowest BCUT2D eigenvalue weighted by molar-refractivity contribution is 0.347. The van der Waals surface area contributed by atoms with Crippen LogP contribution in [0.15, 0.2) is 33.7 Å². The minimum atomic E-state index is 0.334. The van der Waals surface area contributed by atoms with Gasteiger partial charge in [-0.05, 0) is 31.4 Å². The second-order valence-electron chi connectivity index (χ2n) is 4.88. The first-order valence-corrected chi connectivity index (χ1v) is 6.87. The average Bonchev–Trinajstić information content (AvgIpc) is 2.72. The van der Waals surface area contributed by atoms with Crippen LogP contribution in [0.4, 0.5) is 0 Å². The Labute approximate surface area is 110 Å². The Bertz CT molecular complexity index is 458. The van der Waals surface area contributed by atoms with Crippen molar-refractivity contribution in [1.82, 2.24) is 5.32 Å². The number of rotatable bonds is 1. The highest BCUT2D eigenvalue weighted by atomic mass is 79.9. The number of fused-ring (bicyclic) bond motifs is 1. The molecule has 1 heterocycles. The van der Waals surface area contributed by atoms with Crippen molar-refractivity contribution in [2.45, 2.75) is 37.4 Å². The van der Waals surface area contributed by atoms with E-state index in [1.807, 2.05) is 12.1 Å². The van der Waals surface area contributed by atoms with Crippen LogP contribution < -0.4 is 11.1 Å². The first-order chi connectivity index (χ1) is 8.22. The van der Waals surface area contributed by atoms with Gasteiger partial charge in [-0.25, -0.2) is 0 Å². The van der Waals surface area contributed by atoms with Crippen LogP contribution in [0.5, 0.6) is 0 Å². The maximum absolute atomic E-state index is 6.00. The number of halogens is 1. The fraction of sp³-hybridized carbons (Fsp3) is 0.462. The molecule has 1 aliphatic heterocycles. The number of nitrogens with zero attached hydrogens (tertiary/aromatic N) is 1. The predicted molar refractivity (Wildman–Crippen MR) is 73.2 cm³/mol. The van der Waals surface area contributed by atoms with Crippen molar-refractivity contribution in [3.63, 3.8) is 0 Å². The van der Waals surface area contributed by atoms with E-state index in [0.29, 0.717) is 18.1 Å². The topological polar surface area (TPSA) is 50.4 Å². The lowest BCUT2D eigenvalue weighted by Gasteiger charge is -2.28. The lowest BCUT2D eigenvalue weighted by atomic mass is 9.88. The third-order valence-corrected chi connectivity index (χ3v) is 4.06. The maximum atomic E-state index is 6.00. The van der Waals surface area contributed by atoms with Crippen molar-refractivity contribution in [3.05, 3.63) is 34.3 Å². The molecule has 90 valence electrons. The number of hydrogen-bond acceptors (Lipinski definition) is 3. The lowest BCUT2D eigenvalue weighted by Crippen LogP contribution is -2.44. The fourth-order valence-electron chi connectivity index (χ4n) is 2.67.